The van der Waals surface area contributed by atoms with Gasteiger partial charge in [-0.15, -0.1) is 6.58 Å². The van der Waals surface area contributed by atoms with Crippen LogP contribution < -0.4 is 0 Å². The first-order chi connectivity index (χ1) is 38.9. The van der Waals surface area contributed by atoms with Crippen molar-refractivity contribution >= 4 is 17.9 Å². The quantitative estimate of drug-likeness (QED) is 0.0387. The highest BCUT2D eigenvalue weighted by atomic mass is 16.8. The molecule has 9 rings (SSSR count). The van der Waals surface area contributed by atoms with E-state index in [9.17, 15) is 65.4 Å². The molecule has 0 amide bonds. The fourth-order valence-electron chi connectivity index (χ4n) is 16.7. The summed E-state index contributed by atoms with van der Waals surface area (Å²) in [4.78, 5) is 40.5. The summed E-state index contributed by atoms with van der Waals surface area (Å²) in [6.07, 6.45) is -25.8. The third-order valence-corrected chi connectivity index (χ3v) is 20.8. The SMILES string of the molecule is C=C(C)CCC(OC(C)=O)C1(C)OC(=O)C23CC=C4C(CCC5C4(C)CCC(OC4OCC(O)C(O)C4OC4OC(C)C(OC6OC(CO)C(O)C(OC7OC(CO)C(O)C(OC)C7O)C6O)C(O)C4O)C5(C)C)C2(C)CC(OC(C)=O)C13. The van der Waals surface area contributed by atoms with Crippen LogP contribution in [-0.4, -0.2) is 237 Å². The molecule has 3 saturated carbocycles. The summed E-state index contributed by atoms with van der Waals surface area (Å²) in [5, 5.41) is 110. The fraction of sp³-hybridized carbons (Fsp3) is 0.879. The van der Waals surface area contributed by atoms with Crippen LogP contribution in [0.3, 0.4) is 0 Å². The minimum Gasteiger partial charge on any atom is -0.462 e. The van der Waals surface area contributed by atoms with Gasteiger partial charge in [0.05, 0.1) is 43.4 Å². The van der Waals surface area contributed by atoms with Gasteiger partial charge in [-0.2, -0.15) is 0 Å². The molecule has 4 aliphatic carbocycles. The zero-order chi connectivity index (χ0) is 60.8. The molecule has 9 aliphatic rings. The topological polar surface area (TPSA) is 364 Å². The van der Waals surface area contributed by atoms with Crippen LogP contribution >= 0.6 is 0 Å². The van der Waals surface area contributed by atoms with E-state index in [4.69, 9.17) is 56.8 Å². The van der Waals surface area contributed by atoms with Crippen molar-refractivity contribution in [1.82, 2.24) is 0 Å². The molecule has 5 aliphatic heterocycles. The third kappa shape index (κ3) is 11.0. The van der Waals surface area contributed by atoms with Crippen molar-refractivity contribution in [3.8, 4) is 0 Å². The number of esters is 3. The molecule has 0 aromatic rings. The predicted octanol–water partition coefficient (Wildman–Crippen LogP) is -0.305. The van der Waals surface area contributed by atoms with E-state index in [1.807, 2.05) is 13.8 Å². The maximum Gasteiger partial charge on any atom is 0.314 e. The van der Waals surface area contributed by atoms with Crippen molar-refractivity contribution in [2.45, 2.75) is 254 Å². The van der Waals surface area contributed by atoms with Gasteiger partial charge in [-0.25, -0.2) is 0 Å². The molecule has 29 unspecified atom stereocenters. The molecule has 25 heteroatoms. The average Bonchev–Trinajstić information content (AvgIpc) is 1.54. The fourth-order valence-corrected chi connectivity index (χ4v) is 16.7. The first-order valence-electron chi connectivity index (χ1n) is 29.3. The molecular formula is C58H90O25. The van der Waals surface area contributed by atoms with Crippen molar-refractivity contribution in [2.24, 2.45) is 39.4 Å². The summed E-state index contributed by atoms with van der Waals surface area (Å²) in [5.41, 5.74) is -2.02. The zero-order valence-corrected chi connectivity index (χ0v) is 49.1. The molecule has 10 N–H and O–H groups in total. The number of carbonyl (C=O) groups excluding carboxylic acids is 3. The Kier molecular flexibility index (Phi) is 18.9. The Bertz CT molecular complexity index is 2390. The van der Waals surface area contributed by atoms with Gasteiger partial charge in [-0.05, 0) is 100 Å². The van der Waals surface area contributed by atoms with Crippen molar-refractivity contribution in [2.75, 3.05) is 26.9 Å². The van der Waals surface area contributed by atoms with Gasteiger partial charge in [-0.1, -0.05) is 44.9 Å². The third-order valence-electron chi connectivity index (χ3n) is 20.8. The van der Waals surface area contributed by atoms with E-state index in [1.165, 1.54) is 33.5 Å². The van der Waals surface area contributed by atoms with Crippen LogP contribution in [0.25, 0.3) is 0 Å². The molecule has 8 fully saturated rings. The molecular weight excluding hydrogens is 1100 g/mol. The predicted molar refractivity (Wildman–Crippen MR) is 282 cm³/mol. The van der Waals surface area contributed by atoms with Crippen molar-refractivity contribution < 1.29 is 122 Å². The number of methoxy groups -OCH3 is 1. The number of hydrogen-bond acceptors (Lipinski definition) is 25. The lowest BCUT2D eigenvalue weighted by molar-refractivity contribution is -0.389. The molecule has 25 nitrogen and oxygen atoms in total. The first-order valence-corrected chi connectivity index (χ1v) is 29.3. The molecule has 0 radical (unpaired) electrons. The van der Waals surface area contributed by atoms with Crippen LogP contribution in [-0.2, 0) is 71.2 Å². The normalized spacial score (nSPS) is 49.7. The molecule has 0 aromatic heterocycles. The van der Waals surface area contributed by atoms with E-state index in [0.29, 0.717) is 44.9 Å². The maximum atomic E-state index is 14.9. The molecule has 1 spiro atoms. The number of rotatable bonds is 17. The second-order valence-corrected chi connectivity index (χ2v) is 26.2. The van der Waals surface area contributed by atoms with E-state index >= 15 is 0 Å². The van der Waals surface area contributed by atoms with Gasteiger partial charge < -0.3 is 108 Å². The van der Waals surface area contributed by atoms with E-state index in [1.54, 1.807) is 0 Å². The Morgan fingerprint density at radius 1 is 0.723 bits per heavy atom. The second kappa shape index (κ2) is 24.3. The Labute approximate surface area is 483 Å². The molecule has 0 aromatic carbocycles. The second-order valence-electron chi connectivity index (χ2n) is 26.2. The Hall–Kier alpha value is -2.87. The van der Waals surface area contributed by atoms with Gasteiger partial charge in [0.1, 0.15) is 97.7 Å². The van der Waals surface area contributed by atoms with Crippen LogP contribution in [0.1, 0.15) is 114 Å². The summed E-state index contributed by atoms with van der Waals surface area (Å²) < 4.78 is 72.2. The van der Waals surface area contributed by atoms with E-state index in [2.05, 4.69) is 40.3 Å². The Balaban J connectivity index is 0.895. The average molecular weight is 1190 g/mol. The largest absolute Gasteiger partial charge is 0.462 e. The van der Waals surface area contributed by atoms with E-state index < -0.39 is 193 Å². The molecule has 5 heterocycles. The monoisotopic (exact) mass is 1190 g/mol. The number of hydrogen-bond donors (Lipinski definition) is 10. The van der Waals surface area contributed by atoms with Gasteiger partial charge in [0.25, 0.3) is 0 Å². The van der Waals surface area contributed by atoms with Gasteiger partial charge in [0.15, 0.2) is 30.8 Å². The minimum absolute atomic E-state index is 0.00817. The molecule has 83 heavy (non-hydrogen) atoms. The van der Waals surface area contributed by atoms with Gasteiger partial charge in [0, 0.05) is 21.0 Å². The van der Waals surface area contributed by atoms with Gasteiger partial charge >= 0.3 is 17.9 Å². The van der Waals surface area contributed by atoms with Crippen molar-refractivity contribution in [1.29, 1.82) is 0 Å². The standard InChI is InChI=1S/C58H90O25/c1-24(2)12-15-36(76-27(5)62)57(10)48-31(75-26(4)61)20-56(9)29-13-14-34-54(6,7)35(17-18-55(34,8)28(29)16-19-58(48,56)53(71)83-57)79-52-47(37(64)30(63)23-73-52)82-49-41(68)40(67)44(25(3)74-49)80-51-43(70)46(39(66)33(22-60)78-51)81-50-42(69)45(72-11)38(65)32(21-59)77-50/h16,25,29-52,59-60,63-70H,1,12-15,17-23H2,2-11H3. The van der Waals surface area contributed by atoms with Crippen LogP contribution in [0.15, 0.2) is 23.8 Å². The lowest BCUT2D eigenvalue weighted by atomic mass is 9.41. The van der Waals surface area contributed by atoms with Crippen LogP contribution in [0.5, 0.6) is 0 Å². The van der Waals surface area contributed by atoms with Crippen molar-refractivity contribution in [3.05, 3.63) is 23.8 Å². The number of aliphatic hydroxyl groups excluding tert-OH is 10. The van der Waals surface area contributed by atoms with E-state index in [-0.39, 0.29) is 24.4 Å². The molecule has 0 bridgehead atoms. The lowest BCUT2D eigenvalue weighted by Gasteiger charge is -2.63. The summed E-state index contributed by atoms with van der Waals surface area (Å²) in [7, 11) is 1.20. The Morgan fingerprint density at radius 2 is 1.33 bits per heavy atom. The highest BCUT2D eigenvalue weighted by Gasteiger charge is 2.81. The summed E-state index contributed by atoms with van der Waals surface area (Å²) in [5.74, 6) is -2.12. The van der Waals surface area contributed by atoms with Crippen LogP contribution in [0.4, 0.5) is 0 Å². The highest BCUT2D eigenvalue weighted by Crippen LogP contribution is 2.76. The number of allylic oxidation sites excluding steroid dienone is 3. The number of ether oxygens (including phenoxy) is 12. The number of fused-ring (bicyclic) bond motifs is 4. The molecule has 472 valence electrons. The van der Waals surface area contributed by atoms with Gasteiger partial charge in [0.2, 0.25) is 0 Å². The number of aliphatic hydroxyl groups is 10. The minimum atomic E-state index is -1.92. The lowest BCUT2D eigenvalue weighted by Crippen LogP contribution is -2.67. The summed E-state index contributed by atoms with van der Waals surface area (Å²) in [6, 6.07) is 0. The molecule has 5 saturated heterocycles. The first kappa shape index (κ1) is 64.6. The number of carbonyl (C=O) groups is 3. The van der Waals surface area contributed by atoms with E-state index in [0.717, 1.165) is 12.0 Å². The summed E-state index contributed by atoms with van der Waals surface area (Å²) in [6.45, 7) is 18.7. The van der Waals surface area contributed by atoms with Crippen LogP contribution in [0, 0.1) is 39.4 Å². The smallest absolute Gasteiger partial charge is 0.314 e. The van der Waals surface area contributed by atoms with Gasteiger partial charge in [-0.3, -0.25) is 14.4 Å². The molecule has 29 atom stereocenters. The Morgan fingerprint density at radius 3 is 1.93 bits per heavy atom. The van der Waals surface area contributed by atoms with Crippen LogP contribution in [0.2, 0.25) is 0 Å². The summed E-state index contributed by atoms with van der Waals surface area (Å²) >= 11 is 0. The zero-order valence-electron chi connectivity index (χ0n) is 49.1. The highest BCUT2D eigenvalue weighted by molar-refractivity contribution is 5.84. The maximum absolute atomic E-state index is 14.9. The van der Waals surface area contributed by atoms with Crippen molar-refractivity contribution in [3.63, 3.8) is 0 Å². The number of cyclic esters (lactones) is 1.